The van der Waals surface area contributed by atoms with Crippen LogP contribution in [0, 0.1) is 0 Å². The second-order valence-electron chi connectivity index (χ2n) is 1.54. The lowest BCUT2D eigenvalue weighted by molar-refractivity contribution is 0.700. The van der Waals surface area contributed by atoms with Crippen LogP contribution < -0.4 is 5.01 Å². The highest BCUT2D eigenvalue weighted by atomic mass is 32.1. The van der Waals surface area contributed by atoms with Crippen LogP contribution in [0.1, 0.15) is 0 Å². The molecule has 1 aromatic rings. The Bertz CT molecular complexity index is 182. The van der Waals surface area contributed by atoms with E-state index in [4.69, 9.17) is 0 Å². The lowest BCUT2D eigenvalue weighted by Crippen LogP contribution is -2.27. The van der Waals surface area contributed by atoms with Crippen LogP contribution in [0.15, 0.2) is 18.5 Å². The molecule has 47 valence electrons. The predicted molar refractivity (Wildman–Crippen MR) is 39.0 cm³/mol. The summed E-state index contributed by atoms with van der Waals surface area (Å²) in [6, 6.07) is 1.82. The number of nitrogens with zero attached hydrogens (tertiary/aromatic N) is 3. The van der Waals surface area contributed by atoms with Gasteiger partial charge in [0.25, 0.3) is 0 Å². The molecule has 0 amide bonds. The molecule has 0 bridgehead atoms. The number of aromatic nitrogens is 2. The van der Waals surface area contributed by atoms with Crippen molar-refractivity contribution in [3.63, 3.8) is 0 Å². The highest BCUT2D eigenvalue weighted by molar-refractivity contribution is 7.79. The van der Waals surface area contributed by atoms with Crippen molar-refractivity contribution in [1.82, 2.24) is 9.89 Å². The van der Waals surface area contributed by atoms with Crippen LogP contribution in [-0.2, 0) is 0 Å². The topological polar surface area (TPSA) is 21.1 Å². The van der Waals surface area contributed by atoms with Gasteiger partial charge in [-0.2, -0.15) is 9.89 Å². The van der Waals surface area contributed by atoms with Gasteiger partial charge in [0.05, 0.1) is 6.20 Å². The Hall–Kier alpha value is -0.900. The zero-order valence-electron chi connectivity index (χ0n) is 4.98. The zero-order valence-corrected chi connectivity index (χ0v) is 5.80. The van der Waals surface area contributed by atoms with Crippen LogP contribution in [0.3, 0.4) is 0 Å². The summed E-state index contributed by atoms with van der Waals surface area (Å²) < 4.78 is 0. The van der Waals surface area contributed by atoms with Crippen LogP contribution in [0.25, 0.3) is 0 Å². The maximum atomic E-state index is 4.54. The summed E-state index contributed by atoms with van der Waals surface area (Å²) in [5, 5.41) is 5.48. The zero-order chi connectivity index (χ0) is 6.69. The summed E-state index contributed by atoms with van der Waals surface area (Å²) in [4.78, 5) is 1.59. The third-order valence-electron chi connectivity index (χ3n) is 0.930. The number of thiocarbonyl (C=S) groups is 1. The minimum absolute atomic E-state index is 1.58. The van der Waals surface area contributed by atoms with Crippen molar-refractivity contribution in [3.8, 4) is 0 Å². The first-order valence-corrected chi connectivity index (χ1v) is 2.87. The summed E-state index contributed by atoms with van der Waals surface area (Å²) in [6.07, 6.45) is 3.47. The third-order valence-corrected chi connectivity index (χ3v) is 1.19. The molecule has 0 spiro atoms. The van der Waals surface area contributed by atoms with E-state index >= 15 is 0 Å². The maximum absolute atomic E-state index is 4.54. The Labute approximate surface area is 58.9 Å². The van der Waals surface area contributed by atoms with Gasteiger partial charge in [-0.3, -0.25) is 5.01 Å². The summed E-state index contributed by atoms with van der Waals surface area (Å²) in [6.45, 7) is 0. The Balaban J connectivity index is 2.76. The molecular formula is C5H6N3S. The minimum atomic E-state index is 1.58. The van der Waals surface area contributed by atoms with Crippen LogP contribution >= 0.6 is 12.2 Å². The van der Waals surface area contributed by atoms with E-state index in [1.807, 2.05) is 6.07 Å². The number of rotatable bonds is 2. The fraction of sp³-hybridized carbons (Fsp3) is 0.200. The molecule has 1 rings (SSSR count). The molecule has 0 aliphatic carbocycles. The van der Waals surface area contributed by atoms with Gasteiger partial charge in [-0.05, 0) is 6.07 Å². The second-order valence-corrected chi connectivity index (χ2v) is 1.72. The van der Waals surface area contributed by atoms with Gasteiger partial charge in [-0.15, -0.1) is 0 Å². The molecule has 4 heteroatoms. The van der Waals surface area contributed by atoms with Crippen molar-refractivity contribution in [2.75, 3.05) is 12.1 Å². The Kier molecular flexibility index (Phi) is 1.79. The van der Waals surface area contributed by atoms with Gasteiger partial charge in [0.1, 0.15) is 0 Å². The molecular weight excluding hydrogens is 134 g/mol. The van der Waals surface area contributed by atoms with Crippen LogP contribution in [0.5, 0.6) is 0 Å². The van der Waals surface area contributed by atoms with Gasteiger partial charge < -0.3 is 0 Å². The molecule has 1 aromatic heterocycles. The van der Waals surface area contributed by atoms with E-state index in [-0.39, 0.29) is 0 Å². The maximum Gasteiger partial charge on any atom is 0.158 e. The summed E-state index contributed by atoms with van der Waals surface area (Å²) in [5.41, 5.74) is 2.48. The summed E-state index contributed by atoms with van der Waals surface area (Å²) in [7, 11) is 1.78. The molecule has 0 saturated carbocycles. The van der Waals surface area contributed by atoms with Crippen molar-refractivity contribution < 1.29 is 0 Å². The highest BCUT2D eigenvalue weighted by Crippen LogP contribution is 1.81. The fourth-order valence-electron chi connectivity index (χ4n) is 0.480. The predicted octanol–water partition coefficient (Wildman–Crippen LogP) is 0.285. The monoisotopic (exact) mass is 140 g/mol. The van der Waals surface area contributed by atoms with Gasteiger partial charge in [-0.25, -0.2) is 0 Å². The molecule has 0 fully saturated rings. The lowest BCUT2D eigenvalue weighted by Gasteiger charge is -2.09. The first-order valence-electron chi connectivity index (χ1n) is 2.46. The van der Waals surface area contributed by atoms with Crippen molar-refractivity contribution in [2.45, 2.75) is 0 Å². The minimum Gasteiger partial charge on any atom is -0.255 e. The average Bonchev–Trinajstić information content (AvgIpc) is 2.37. The highest BCUT2D eigenvalue weighted by Gasteiger charge is 1.90. The van der Waals surface area contributed by atoms with Gasteiger partial charge in [0, 0.05) is 13.2 Å². The van der Waals surface area contributed by atoms with E-state index in [9.17, 15) is 0 Å². The lowest BCUT2D eigenvalue weighted by atomic mass is 10.8. The molecule has 3 nitrogen and oxygen atoms in total. The number of hydrogen-bond donors (Lipinski definition) is 0. The van der Waals surface area contributed by atoms with E-state index in [1.54, 1.807) is 29.2 Å². The number of hydrogen-bond acceptors (Lipinski definition) is 2. The Morgan fingerprint density at radius 3 is 3.00 bits per heavy atom. The van der Waals surface area contributed by atoms with Crippen LogP contribution in [0.4, 0.5) is 0 Å². The standard InChI is InChI=1S/C5H6N3S/c1-7(5-9)8-4-2-3-6-8/h2-4H,1H3. The van der Waals surface area contributed by atoms with Gasteiger partial charge >= 0.3 is 0 Å². The molecule has 0 aromatic carbocycles. The van der Waals surface area contributed by atoms with Crippen molar-refractivity contribution >= 4 is 17.7 Å². The van der Waals surface area contributed by atoms with Crippen molar-refractivity contribution in [1.29, 1.82) is 0 Å². The molecule has 0 atom stereocenters. The van der Waals surface area contributed by atoms with E-state index in [1.165, 1.54) is 0 Å². The summed E-state index contributed by atoms with van der Waals surface area (Å²) in [5.74, 6) is 0. The van der Waals surface area contributed by atoms with E-state index in [0.717, 1.165) is 0 Å². The first kappa shape index (κ1) is 6.22. The third kappa shape index (κ3) is 1.26. The molecule has 0 saturated heterocycles. The normalized spacial score (nSPS) is 9.00. The Morgan fingerprint density at radius 2 is 2.56 bits per heavy atom. The molecule has 0 N–H and O–H groups in total. The van der Waals surface area contributed by atoms with E-state index < -0.39 is 0 Å². The first-order chi connectivity index (χ1) is 4.34. The fourth-order valence-corrected chi connectivity index (χ4v) is 0.564. The van der Waals surface area contributed by atoms with Gasteiger partial charge in [-0.1, -0.05) is 12.2 Å². The van der Waals surface area contributed by atoms with Crippen LogP contribution in [0.2, 0.25) is 0 Å². The van der Waals surface area contributed by atoms with E-state index in [2.05, 4.69) is 22.8 Å². The summed E-state index contributed by atoms with van der Waals surface area (Å²) >= 11 is 4.54. The SMILES string of the molecule is CN([C]=S)n1cccn1. The molecule has 0 unspecified atom stereocenters. The smallest absolute Gasteiger partial charge is 0.158 e. The average molecular weight is 140 g/mol. The van der Waals surface area contributed by atoms with Gasteiger partial charge in [0.15, 0.2) is 5.49 Å². The molecule has 9 heavy (non-hydrogen) atoms. The van der Waals surface area contributed by atoms with Crippen LogP contribution in [-0.4, -0.2) is 22.4 Å². The quantitative estimate of drug-likeness (QED) is 0.435. The second kappa shape index (κ2) is 2.59. The molecule has 0 aliphatic heterocycles. The molecule has 1 heterocycles. The largest absolute Gasteiger partial charge is 0.255 e. The molecule has 0 aliphatic rings. The molecule has 1 radical (unpaired) electrons. The van der Waals surface area contributed by atoms with Crippen molar-refractivity contribution in [2.24, 2.45) is 0 Å². The Morgan fingerprint density at radius 1 is 1.78 bits per heavy atom. The van der Waals surface area contributed by atoms with Gasteiger partial charge in [0.2, 0.25) is 0 Å². The van der Waals surface area contributed by atoms with Crippen molar-refractivity contribution in [3.05, 3.63) is 18.5 Å². The van der Waals surface area contributed by atoms with E-state index in [0.29, 0.717) is 0 Å².